The Labute approximate surface area is 228 Å². The molecule has 2 saturated heterocycles. The molecule has 0 aromatic heterocycles. The summed E-state index contributed by atoms with van der Waals surface area (Å²) in [6, 6.07) is 7.56. The van der Waals surface area contributed by atoms with Crippen molar-refractivity contribution in [3.63, 3.8) is 0 Å². The summed E-state index contributed by atoms with van der Waals surface area (Å²) in [5, 5.41) is 7.22. The summed E-state index contributed by atoms with van der Waals surface area (Å²) in [7, 11) is 0. The van der Waals surface area contributed by atoms with Crippen LogP contribution in [0.5, 0.6) is 0 Å². The number of piperidine rings is 2. The van der Waals surface area contributed by atoms with Gasteiger partial charge in [-0.1, -0.05) is 12.1 Å². The average Bonchev–Trinajstić information content (AvgIpc) is 2.75. The highest BCUT2D eigenvalue weighted by molar-refractivity contribution is 5.89. The minimum absolute atomic E-state index is 0.0862. The largest absolute Gasteiger partial charge is 0.486 e. The van der Waals surface area contributed by atoms with Gasteiger partial charge in [0.25, 0.3) is 0 Å². The topological polar surface area (TPSA) is 85.9 Å². The van der Waals surface area contributed by atoms with E-state index in [0.29, 0.717) is 24.4 Å². The Kier molecular flexibility index (Phi) is 7.76. The van der Waals surface area contributed by atoms with Crippen LogP contribution in [-0.2, 0) is 19.0 Å². The second-order valence-corrected chi connectivity index (χ2v) is 14.1. The predicted octanol–water partition coefficient (Wildman–Crippen LogP) is 5.39. The Morgan fingerprint density at radius 1 is 0.737 bits per heavy atom. The Hall–Kier alpha value is -2.38. The number of rotatable bonds is 5. The fourth-order valence-electron chi connectivity index (χ4n) is 6.89. The fourth-order valence-corrected chi connectivity index (χ4v) is 6.89. The third-order valence-electron chi connectivity index (χ3n) is 7.70. The summed E-state index contributed by atoms with van der Waals surface area (Å²) < 4.78 is 17.6. The van der Waals surface area contributed by atoms with Gasteiger partial charge in [-0.3, -0.25) is 0 Å². The minimum atomic E-state index is -0.385. The maximum absolute atomic E-state index is 12.9. The first-order valence-corrected chi connectivity index (χ1v) is 14.0. The second-order valence-electron chi connectivity index (χ2n) is 14.1. The molecule has 0 radical (unpaired) electrons. The van der Waals surface area contributed by atoms with Crippen LogP contribution in [0.2, 0.25) is 0 Å². The lowest BCUT2D eigenvalue weighted by molar-refractivity contribution is -0.153. The third-order valence-corrected chi connectivity index (χ3v) is 7.70. The van der Waals surface area contributed by atoms with Gasteiger partial charge in [0.2, 0.25) is 5.76 Å². The summed E-state index contributed by atoms with van der Waals surface area (Å²) in [6.45, 7) is 17.5. The van der Waals surface area contributed by atoms with Crippen molar-refractivity contribution in [3.8, 4) is 0 Å². The molecule has 3 aliphatic rings. The fraction of sp³-hybridized carbons (Fsp3) is 0.677. The van der Waals surface area contributed by atoms with E-state index in [-0.39, 0.29) is 52.2 Å². The smallest absolute Gasteiger partial charge is 0.373 e. The SMILES string of the molecule is CC1(C)CC(OC(=O)C2=CCC(c3ccc(C(=O)OC4CC(C)(C)NC(C)(C)C4)cc3)CO2)CC(C)(C)N1. The van der Waals surface area contributed by atoms with Crippen LogP contribution >= 0.6 is 0 Å². The number of ether oxygens (including phenoxy) is 3. The summed E-state index contributed by atoms with van der Waals surface area (Å²) in [6.07, 6.45) is 5.33. The van der Waals surface area contributed by atoms with Gasteiger partial charge in [-0.25, -0.2) is 9.59 Å². The molecule has 1 unspecified atom stereocenters. The lowest BCUT2D eigenvalue weighted by Gasteiger charge is -2.46. The molecule has 7 nitrogen and oxygen atoms in total. The summed E-state index contributed by atoms with van der Waals surface area (Å²) in [5.74, 6) is -0.267. The van der Waals surface area contributed by atoms with Gasteiger partial charge in [-0.05, 0) is 85.6 Å². The summed E-state index contributed by atoms with van der Waals surface area (Å²) in [4.78, 5) is 25.7. The van der Waals surface area contributed by atoms with Gasteiger partial charge in [-0.15, -0.1) is 0 Å². The molecule has 38 heavy (non-hydrogen) atoms. The van der Waals surface area contributed by atoms with Crippen molar-refractivity contribution in [3.05, 3.63) is 47.2 Å². The van der Waals surface area contributed by atoms with Gasteiger partial charge in [-0.2, -0.15) is 0 Å². The van der Waals surface area contributed by atoms with Gasteiger partial charge in [0, 0.05) is 53.8 Å². The highest BCUT2D eigenvalue weighted by atomic mass is 16.6. The molecule has 0 aliphatic carbocycles. The number of hydrogen-bond acceptors (Lipinski definition) is 7. The minimum Gasteiger partial charge on any atom is -0.486 e. The maximum Gasteiger partial charge on any atom is 0.373 e. The van der Waals surface area contributed by atoms with Crippen LogP contribution in [0.25, 0.3) is 0 Å². The van der Waals surface area contributed by atoms with Gasteiger partial charge in [0.15, 0.2) is 0 Å². The van der Waals surface area contributed by atoms with E-state index in [1.54, 1.807) is 0 Å². The lowest BCUT2D eigenvalue weighted by Crippen LogP contribution is -2.59. The average molecular weight is 527 g/mol. The van der Waals surface area contributed by atoms with Crippen LogP contribution in [0.4, 0.5) is 0 Å². The van der Waals surface area contributed by atoms with Crippen molar-refractivity contribution in [1.82, 2.24) is 10.6 Å². The van der Waals surface area contributed by atoms with E-state index in [2.05, 4.69) is 66.0 Å². The zero-order valence-corrected chi connectivity index (χ0v) is 24.4. The second kappa shape index (κ2) is 10.3. The van der Waals surface area contributed by atoms with Crippen molar-refractivity contribution >= 4 is 11.9 Å². The molecule has 210 valence electrons. The molecule has 1 atom stereocenters. The van der Waals surface area contributed by atoms with Gasteiger partial charge in [0.05, 0.1) is 12.2 Å². The number of allylic oxidation sites excluding steroid dienone is 1. The number of carbonyl (C=O) groups excluding carboxylic acids is 2. The summed E-state index contributed by atoms with van der Waals surface area (Å²) >= 11 is 0. The molecule has 0 amide bonds. The first-order chi connectivity index (χ1) is 17.5. The van der Waals surface area contributed by atoms with Crippen LogP contribution in [-0.4, -0.2) is 52.9 Å². The lowest BCUT2D eigenvalue weighted by atomic mass is 9.81. The van der Waals surface area contributed by atoms with E-state index >= 15 is 0 Å². The zero-order valence-electron chi connectivity index (χ0n) is 24.4. The highest BCUT2D eigenvalue weighted by Gasteiger charge is 2.41. The highest BCUT2D eigenvalue weighted by Crippen LogP contribution is 2.33. The van der Waals surface area contributed by atoms with Gasteiger partial charge < -0.3 is 24.8 Å². The van der Waals surface area contributed by atoms with Gasteiger partial charge >= 0.3 is 11.9 Å². The van der Waals surface area contributed by atoms with E-state index in [1.807, 2.05) is 30.3 Å². The van der Waals surface area contributed by atoms with Crippen molar-refractivity contribution in [1.29, 1.82) is 0 Å². The van der Waals surface area contributed by atoms with Crippen molar-refractivity contribution in [2.24, 2.45) is 0 Å². The number of carbonyl (C=O) groups is 2. The normalized spacial score (nSPS) is 26.5. The van der Waals surface area contributed by atoms with E-state index in [4.69, 9.17) is 14.2 Å². The van der Waals surface area contributed by atoms with Crippen molar-refractivity contribution in [2.75, 3.05) is 6.61 Å². The molecule has 2 fully saturated rings. The van der Waals surface area contributed by atoms with Crippen LogP contribution in [0, 0.1) is 0 Å². The third kappa shape index (κ3) is 7.38. The zero-order chi connectivity index (χ0) is 27.9. The first kappa shape index (κ1) is 28.6. The Morgan fingerprint density at radius 2 is 1.18 bits per heavy atom. The van der Waals surface area contributed by atoms with E-state index in [0.717, 1.165) is 31.2 Å². The van der Waals surface area contributed by atoms with Crippen LogP contribution in [0.1, 0.15) is 109 Å². The number of esters is 2. The van der Waals surface area contributed by atoms with Crippen molar-refractivity contribution < 1.29 is 23.8 Å². The standard InChI is InChI=1S/C31H46N2O5/c1-28(2)15-23(16-29(3,4)32-28)37-26(34)21-11-9-20(10-12-21)22-13-14-25(36-19-22)27(35)38-24-17-30(5,6)33-31(7,8)18-24/h9-12,14,22-24,32-33H,13,15-19H2,1-8H3. The van der Waals surface area contributed by atoms with Crippen LogP contribution in [0.15, 0.2) is 36.1 Å². The van der Waals surface area contributed by atoms with Crippen LogP contribution < -0.4 is 10.6 Å². The molecule has 2 N–H and O–H groups in total. The number of nitrogens with one attached hydrogen (secondary N) is 2. The molecular weight excluding hydrogens is 480 g/mol. The Balaban J connectivity index is 1.31. The molecule has 1 aromatic rings. The van der Waals surface area contributed by atoms with Gasteiger partial charge in [0.1, 0.15) is 12.2 Å². The van der Waals surface area contributed by atoms with Crippen molar-refractivity contribution in [2.45, 2.75) is 128 Å². The number of benzene rings is 1. The first-order valence-electron chi connectivity index (χ1n) is 14.0. The Bertz CT molecular complexity index is 1040. The monoisotopic (exact) mass is 526 g/mol. The van der Waals surface area contributed by atoms with Crippen LogP contribution in [0.3, 0.4) is 0 Å². The molecule has 3 aliphatic heterocycles. The molecule has 0 saturated carbocycles. The molecule has 0 bridgehead atoms. The molecule has 4 rings (SSSR count). The summed E-state index contributed by atoms with van der Waals surface area (Å²) in [5.41, 5.74) is 1.25. The maximum atomic E-state index is 12.9. The molecule has 0 spiro atoms. The molecular formula is C31H46N2O5. The molecule has 1 aromatic carbocycles. The van der Waals surface area contributed by atoms with E-state index in [1.165, 1.54) is 0 Å². The quantitative estimate of drug-likeness (QED) is 0.497. The predicted molar refractivity (Wildman–Crippen MR) is 148 cm³/mol. The molecule has 3 heterocycles. The molecule has 7 heteroatoms. The van der Waals surface area contributed by atoms with E-state index < -0.39 is 0 Å². The Morgan fingerprint density at radius 3 is 1.61 bits per heavy atom. The number of hydrogen-bond donors (Lipinski definition) is 2. The van der Waals surface area contributed by atoms with E-state index in [9.17, 15) is 9.59 Å².